The lowest BCUT2D eigenvalue weighted by atomic mass is 10.1. The molecule has 2 aromatic carbocycles. The van der Waals surface area contributed by atoms with Gasteiger partial charge in [-0.1, -0.05) is 6.07 Å². The molecule has 1 aliphatic rings. The number of nitrogens with one attached hydrogen (secondary N) is 1. The zero-order valence-electron chi connectivity index (χ0n) is 13.2. The summed E-state index contributed by atoms with van der Waals surface area (Å²) < 4.78 is 15.5. The summed E-state index contributed by atoms with van der Waals surface area (Å²) in [5.41, 5.74) is 1.90. The van der Waals surface area contributed by atoms with Crippen molar-refractivity contribution in [2.75, 3.05) is 18.7 Å². The number of benzene rings is 2. The first kappa shape index (κ1) is 15.9. The third-order valence-corrected chi connectivity index (χ3v) is 3.48. The Hall–Kier alpha value is -3.02. The van der Waals surface area contributed by atoms with Crippen LogP contribution in [0.25, 0.3) is 0 Å². The highest BCUT2D eigenvalue weighted by atomic mass is 16.7. The fraction of sp³-hybridized carbons (Fsp3) is 0.222. The molecule has 0 aliphatic carbocycles. The van der Waals surface area contributed by atoms with Crippen LogP contribution in [0.1, 0.15) is 22.8 Å². The molecule has 6 nitrogen and oxygen atoms in total. The lowest BCUT2D eigenvalue weighted by Gasteiger charge is -2.07. The average Bonchev–Trinajstić information content (AvgIpc) is 3.03. The molecule has 3 rings (SSSR count). The molecule has 1 amide bonds. The molecule has 1 heterocycles. The van der Waals surface area contributed by atoms with E-state index in [1.54, 1.807) is 43.3 Å². The van der Waals surface area contributed by atoms with Gasteiger partial charge in [0.05, 0.1) is 18.6 Å². The van der Waals surface area contributed by atoms with E-state index in [0.717, 1.165) is 5.56 Å². The van der Waals surface area contributed by atoms with Crippen molar-refractivity contribution < 1.29 is 23.8 Å². The van der Waals surface area contributed by atoms with Gasteiger partial charge in [-0.2, -0.15) is 0 Å². The smallest absolute Gasteiger partial charge is 0.338 e. The van der Waals surface area contributed by atoms with Gasteiger partial charge in [0.25, 0.3) is 0 Å². The summed E-state index contributed by atoms with van der Waals surface area (Å²) in [6.45, 7) is 2.28. The molecule has 1 N–H and O–H groups in total. The highest BCUT2D eigenvalue weighted by Crippen LogP contribution is 2.32. The van der Waals surface area contributed by atoms with E-state index in [4.69, 9.17) is 14.2 Å². The number of amides is 1. The molecule has 0 unspecified atom stereocenters. The quantitative estimate of drug-likeness (QED) is 0.855. The number of rotatable bonds is 5. The number of ether oxygens (including phenoxy) is 3. The summed E-state index contributed by atoms with van der Waals surface area (Å²) in [7, 11) is 0. The maximum Gasteiger partial charge on any atom is 0.338 e. The van der Waals surface area contributed by atoms with Crippen LogP contribution >= 0.6 is 0 Å². The Morgan fingerprint density at radius 1 is 1.08 bits per heavy atom. The van der Waals surface area contributed by atoms with Crippen molar-refractivity contribution >= 4 is 17.6 Å². The van der Waals surface area contributed by atoms with Gasteiger partial charge >= 0.3 is 5.97 Å². The second-order valence-corrected chi connectivity index (χ2v) is 5.21. The van der Waals surface area contributed by atoms with E-state index in [9.17, 15) is 9.59 Å². The molecule has 0 saturated heterocycles. The summed E-state index contributed by atoms with van der Waals surface area (Å²) in [4.78, 5) is 23.7. The van der Waals surface area contributed by atoms with Gasteiger partial charge in [-0.15, -0.1) is 0 Å². The van der Waals surface area contributed by atoms with Crippen LogP contribution in [0.2, 0.25) is 0 Å². The predicted molar refractivity (Wildman–Crippen MR) is 87.3 cm³/mol. The van der Waals surface area contributed by atoms with Gasteiger partial charge < -0.3 is 19.5 Å². The van der Waals surface area contributed by atoms with Crippen LogP contribution in [0.5, 0.6) is 11.5 Å². The molecule has 1 aliphatic heterocycles. The third-order valence-electron chi connectivity index (χ3n) is 3.48. The minimum Gasteiger partial charge on any atom is -0.462 e. The first-order valence-corrected chi connectivity index (χ1v) is 7.61. The Morgan fingerprint density at radius 3 is 2.58 bits per heavy atom. The highest BCUT2D eigenvalue weighted by molar-refractivity contribution is 5.94. The van der Waals surface area contributed by atoms with Gasteiger partial charge in [0.15, 0.2) is 11.5 Å². The number of carbonyl (C=O) groups excluding carboxylic acids is 2. The van der Waals surface area contributed by atoms with Gasteiger partial charge in [-0.25, -0.2) is 4.79 Å². The number of hydrogen-bond donors (Lipinski definition) is 1. The average molecular weight is 327 g/mol. The molecule has 0 bridgehead atoms. The molecule has 6 heteroatoms. The molecule has 0 saturated carbocycles. The van der Waals surface area contributed by atoms with Crippen LogP contribution < -0.4 is 14.8 Å². The van der Waals surface area contributed by atoms with E-state index < -0.39 is 0 Å². The van der Waals surface area contributed by atoms with E-state index >= 15 is 0 Å². The van der Waals surface area contributed by atoms with Crippen LogP contribution in [0.4, 0.5) is 5.69 Å². The summed E-state index contributed by atoms with van der Waals surface area (Å²) >= 11 is 0. The van der Waals surface area contributed by atoms with Crippen LogP contribution in [0.15, 0.2) is 42.5 Å². The van der Waals surface area contributed by atoms with Gasteiger partial charge in [0.2, 0.25) is 12.7 Å². The maximum atomic E-state index is 12.1. The van der Waals surface area contributed by atoms with Crippen molar-refractivity contribution in [3.63, 3.8) is 0 Å². The number of fused-ring (bicyclic) bond motifs is 1. The minimum absolute atomic E-state index is 0.155. The second-order valence-electron chi connectivity index (χ2n) is 5.21. The summed E-state index contributed by atoms with van der Waals surface area (Å²) in [5, 5.41) is 2.79. The van der Waals surface area contributed by atoms with E-state index in [-0.39, 0.29) is 25.1 Å². The summed E-state index contributed by atoms with van der Waals surface area (Å²) in [5.74, 6) is 0.807. The predicted octanol–water partition coefficient (Wildman–Crippen LogP) is 2.77. The van der Waals surface area contributed by atoms with Crippen molar-refractivity contribution in [3.05, 3.63) is 53.6 Å². The van der Waals surface area contributed by atoms with Crippen molar-refractivity contribution in [2.24, 2.45) is 0 Å². The second kappa shape index (κ2) is 7.04. The Kier molecular flexibility index (Phi) is 4.65. The Labute approximate surface area is 139 Å². The Balaban J connectivity index is 1.59. The topological polar surface area (TPSA) is 73.9 Å². The molecule has 24 heavy (non-hydrogen) atoms. The van der Waals surface area contributed by atoms with E-state index in [2.05, 4.69) is 5.32 Å². The molecule has 0 radical (unpaired) electrons. The normalized spacial score (nSPS) is 11.9. The molecular formula is C18H17NO5. The minimum atomic E-state index is -0.379. The van der Waals surface area contributed by atoms with Gasteiger partial charge in [-0.3, -0.25) is 4.79 Å². The fourth-order valence-corrected chi connectivity index (χ4v) is 2.35. The molecule has 124 valence electrons. The van der Waals surface area contributed by atoms with Crippen molar-refractivity contribution in [2.45, 2.75) is 13.3 Å². The summed E-state index contributed by atoms with van der Waals surface area (Å²) in [6, 6.07) is 12.0. The zero-order valence-corrected chi connectivity index (χ0v) is 13.2. The van der Waals surface area contributed by atoms with Crippen molar-refractivity contribution in [1.29, 1.82) is 0 Å². The van der Waals surface area contributed by atoms with Gasteiger partial charge in [0.1, 0.15) is 0 Å². The Morgan fingerprint density at radius 2 is 1.83 bits per heavy atom. The van der Waals surface area contributed by atoms with Crippen LogP contribution in [0.3, 0.4) is 0 Å². The SMILES string of the molecule is CCOC(=O)c1ccc(NC(=O)Cc2ccc3c(c2)OCO3)cc1. The first-order chi connectivity index (χ1) is 11.7. The van der Waals surface area contributed by atoms with Crippen LogP contribution in [0, 0.1) is 0 Å². The fourth-order valence-electron chi connectivity index (χ4n) is 2.35. The molecular weight excluding hydrogens is 310 g/mol. The molecule has 0 atom stereocenters. The molecule has 0 fully saturated rings. The molecule has 0 spiro atoms. The van der Waals surface area contributed by atoms with E-state index in [1.165, 1.54) is 0 Å². The number of hydrogen-bond acceptors (Lipinski definition) is 5. The first-order valence-electron chi connectivity index (χ1n) is 7.61. The van der Waals surface area contributed by atoms with Crippen molar-refractivity contribution in [1.82, 2.24) is 0 Å². The lowest BCUT2D eigenvalue weighted by molar-refractivity contribution is -0.115. The number of anilines is 1. The highest BCUT2D eigenvalue weighted by Gasteiger charge is 2.14. The Bertz CT molecular complexity index is 755. The monoisotopic (exact) mass is 327 g/mol. The number of carbonyl (C=O) groups is 2. The standard InChI is InChI=1S/C18H17NO5/c1-2-22-18(21)13-4-6-14(7-5-13)19-17(20)10-12-3-8-15-16(9-12)24-11-23-15/h3-9H,2,10-11H2,1H3,(H,19,20). The lowest BCUT2D eigenvalue weighted by Crippen LogP contribution is -2.14. The largest absolute Gasteiger partial charge is 0.462 e. The zero-order chi connectivity index (χ0) is 16.9. The van der Waals surface area contributed by atoms with Gasteiger partial charge in [0, 0.05) is 5.69 Å². The summed E-state index contributed by atoms with van der Waals surface area (Å²) in [6.07, 6.45) is 0.219. The molecule has 2 aromatic rings. The maximum absolute atomic E-state index is 12.1. The third kappa shape index (κ3) is 3.65. The van der Waals surface area contributed by atoms with Crippen LogP contribution in [-0.2, 0) is 16.0 Å². The van der Waals surface area contributed by atoms with E-state index in [0.29, 0.717) is 29.4 Å². The van der Waals surface area contributed by atoms with Crippen LogP contribution in [-0.4, -0.2) is 25.3 Å². The number of esters is 1. The van der Waals surface area contributed by atoms with E-state index in [1.807, 2.05) is 6.07 Å². The van der Waals surface area contributed by atoms with Gasteiger partial charge in [-0.05, 0) is 48.9 Å². The molecule has 0 aromatic heterocycles. The van der Waals surface area contributed by atoms with Crippen molar-refractivity contribution in [3.8, 4) is 11.5 Å².